The number of aliphatic hydroxyl groups excluding tert-OH is 2. The van der Waals surface area contributed by atoms with E-state index < -0.39 is 23.8 Å². The zero-order chi connectivity index (χ0) is 14.0. The van der Waals surface area contributed by atoms with E-state index in [1.807, 2.05) is 0 Å². The number of aliphatic hydroxyl groups is 2. The molecule has 2 unspecified atom stereocenters. The Morgan fingerprint density at radius 3 is 2.10 bits per heavy atom. The summed E-state index contributed by atoms with van der Waals surface area (Å²) in [4.78, 5) is 1.64. The average molecular weight is 309 g/mol. The first-order chi connectivity index (χ1) is 9.00. The van der Waals surface area contributed by atoms with Gasteiger partial charge in [0.05, 0.1) is 6.10 Å². The molecule has 7 heteroatoms. The first-order valence-corrected chi connectivity index (χ1v) is 6.31. The molecule has 0 radical (unpaired) electrons. The van der Waals surface area contributed by atoms with Crippen LogP contribution in [0.4, 0.5) is 14.5 Å². The average Bonchev–Trinajstić information content (AvgIpc) is 2.38. The van der Waals surface area contributed by atoms with Gasteiger partial charge >= 0.3 is 0 Å². The van der Waals surface area contributed by atoms with Crippen LogP contribution in [-0.2, 0) is 0 Å². The van der Waals surface area contributed by atoms with Gasteiger partial charge in [0.15, 0.2) is 0 Å². The summed E-state index contributed by atoms with van der Waals surface area (Å²) in [7, 11) is 0. The molecule has 2 rings (SSSR count). The van der Waals surface area contributed by atoms with E-state index in [0.29, 0.717) is 26.2 Å². The minimum Gasteiger partial charge on any atom is -0.390 e. The van der Waals surface area contributed by atoms with Gasteiger partial charge in [0.2, 0.25) is 0 Å². The number of hydrogen-bond donors (Lipinski definition) is 3. The Kier molecular flexibility index (Phi) is 6.13. The number of nitrogens with one attached hydrogen (secondary N) is 1. The highest BCUT2D eigenvalue weighted by Gasteiger charge is 2.23. The maximum atomic E-state index is 14.0. The van der Waals surface area contributed by atoms with Crippen LogP contribution in [0.1, 0.15) is 18.6 Å². The molecular formula is C13H19ClF2N2O2. The van der Waals surface area contributed by atoms with Gasteiger partial charge < -0.3 is 20.4 Å². The highest BCUT2D eigenvalue weighted by Crippen LogP contribution is 2.28. The van der Waals surface area contributed by atoms with E-state index in [2.05, 4.69) is 5.32 Å². The van der Waals surface area contributed by atoms with Crippen LogP contribution < -0.4 is 10.2 Å². The summed E-state index contributed by atoms with van der Waals surface area (Å²) in [6, 6.07) is 2.16. The molecule has 0 amide bonds. The fourth-order valence-electron chi connectivity index (χ4n) is 2.22. The molecule has 4 nitrogen and oxygen atoms in total. The maximum absolute atomic E-state index is 14.0. The summed E-state index contributed by atoms with van der Waals surface area (Å²) < 4.78 is 28.0. The van der Waals surface area contributed by atoms with E-state index in [-0.39, 0.29) is 23.7 Å². The first kappa shape index (κ1) is 17.1. The van der Waals surface area contributed by atoms with Crippen molar-refractivity contribution in [3.05, 3.63) is 29.3 Å². The highest BCUT2D eigenvalue weighted by molar-refractivity contribution is 5.85. The summed E-state index contributed by atoms with van der Waals surface area (Å²) in [5, 5.41) is 22.0. The van der Waals surface area contributed by atoms with Crippen LogP contribution in [0, 0.1) is 11.6 Å². The second-order valence-electron chi connectivity index (χ2n) is 4.76. The van der Waals surface area contributed by atoms with E-state index in [4.69, 9.17) is 0 Å². The van der Waals surface area contributed by atoms with E-state index in [9.17, 15) is 19.0 Å². The van der Waals surface area contributed by atoms with Gasteiger partial charge in [0.25, 0.3) is 0 Å². The minimum atomic E-state index is -1.29. The molecule has 1 aliphatic heterocycles. The molecule has 0 aromatic heterocycles. The van der Waals surface area contributed by atoms with Gasteiger partial charge in [-0.1, -0.05) is 0 Å². The van der Waals surface area contributed by atoms with Crippen molar-refractivity contribution >= 4 is 18.1 Å². The molecule has 0 spiro atoms. The molecule has 114 valence electrons. The van der Waals surface area contributed by atoms with Crippen LogP contribution in [-0.4, -0.2) is 42.5 Å². The molecule has 1 aromatic carbocycles. The molecule has 20 heavy (non-hydrogen) atoms. The second kappa shape index (κ2) is 7.17. The number of anilines is 1. The largest absolute Gasteiger partial charge is 0.390 e. The number of rotatable bonds is 3. The van der Waals surface area contributed by atoms with E-state index in [1.54, 1.807) is 4.90 Å². The lowest BCUT2D eigenvalue weighted by Crippen LogP contribution is -2.44. The normalized spacial score (nSPS) is 18.4. The lowest BCUT2D eigenvalue weighted by Gasteiger charge is -2.30. The van der Waals surface area contributed by atoms with Gasteiger partial charge in [0.1, 0.15) is 23.4 Å². The van der Waals surface area contributed by atoms with Gasteiger partial charge in [-0.05, 0) is 24.6 Å². The molecule has 1 heterocycles. The van der Waals surface area contributed by atoms with Crippen molar-refractivity contribution in [2.24, 2.45) is 0 Å². The third kappa shape index (κ3) is 3.58. The number of piperazine rings is 1. The second-order valence-corrected chi connectivity index (χ2v) is 4.76. The molecule has 1 aliphatic rings. The standard InChI is InChI=1S/C13H18F2N2O2.ClH/c1-8(18)13(19)9-6-10(14)12(11(15)7-9)17-4-2-16-3-5-17;/h6-8,13,16,18-19H,2-5H2,1H3;1H. The van der Waals surface area contributed by atoms with Gasteiger partial charge in [-0.25, -0.2) is 8.78 Å². The summed E-state index contributed by atoms with van der Waals surface area (Å²) in [5.41, 5.74) is -0.0214. The zero-order valence-corrected chi connectivity index (χ0v) is 12.0. The molecule has 0 bridgehead atoms. The molecule has 3 N–H and O–H groups in total. The lowest BCUT2D eigenvalue weighted by molar-refractivity contribution is 0.0302. The third-order valence-electron chi connectivity index (χ3n) is 3.27. The first-order valence-electron chi connectivity index (χ1n) is 6.31. The topological polar surface area (TPSA) is 55.7 Å². The molecular weight excluding hydrogens is 290 g/mol. The Morgan fingerprint density at radius 1 is 1.15 bits per heavy atom. The number of halogens is 3. The smallest absolute Gasteiger partial charge is 0.149 e. The van der Waals surface area contributed by atoms with Crippen molar-refractivity contribution in [1.82, 2.24) is 5.32 Å². The molecule has 1 aromatic rings. The van der Waals surface area contributed by atoms with E-state index in [0.717, 1.165) is 12.1 Å². The van der Waals surface area contributed by atoms with Crippen LogP contribution in [0.2, 0.25) is 0 Å². The van der Waals surface area contributed by atoms with Crippen LogP contribution in [0.5, 0.6) is 0 Å². The maximum Gasteiger partial charge on any atom is 0.149 e. The molecule has 2 atom stereocenters. The summed E-state index contributed by atoms with van der Waals surface area (Å²) in [6.07, 6.45) is -2.37. The Balaban J connectivity index is 0.00000200. The zero-order valence-electron chi connectivity index (χ0n) is 11.1. The van der Waals surface area contributed by atoms with Crippen LogP contribution in [0.25, 0.3) is 0 Å². The van der Waals surface area contributed by atoms with Crippen LogP contribution in [0.3, 0.4) is 0 Å². The molecule has 1 saturated heterocycles. The monoisotopic (exact) mass is 308 g/mol. The Hall–Kier alpha value is -0.950. The van der Waals surface area contributed by atoms with Crippen molar-refractivity contribution in [3.8, 4) is 0 Å². The van der Waals surface area contributed by atoms with Gasteiger partial charge in [-0.3, -0.25) is 0 Å². The number of hydrogen-bond acceptors (Lipinski definition) is 4. The minimum absolute atomic E-state index is 0. The van der Waals surface area contributed by atoms with Crippen molar-refractivity contribution < 1.29 is 19.0 Å². The van der Waals surface area contributed by atoms with E-state index >= 15 is 0 Å². The quantitative estimate of drug-likeness (QED) is 0.786. The van der Waals surface area contributed by atoms with Crippen molar-refractivity contribution in [3.63, 3.8) is 0 Å². The molecule has 0 saturated carbocycles. The Labute approximate surface area is 122 Å². The highest BCUT2D eigenvalue weighted by atomic mass is 35.5. The number of nitrogens with zero attached hydrogens (tertiary/aromatic N) is 1. The summed E-state index contributed by atoms with van der Waals surface area (Å²) in [6.45, 7) is 3.79. The van der Waals surface area contributed by atoms with Gasteiger partial charge in [-0.15, -0.1) is 12.4 Å². The van der Waals surface area contributed by atoms with E-state index in [1.165, 1.54) is 6.92 Å². The predicted molar refractivity (Wildman–Crippen MR) is 75.3 cm³/mol. The Bertz CT molecular complexity index is 431. The van der Waals surface area contributed by atoms with Crippen molar-refractivity contribution in [2.45, 2.75) is 19.1 Å². The molecule has 1 fully saturated rings. The van der Waals surface area contributed by atoms with Crippen molar-refractivity contribution in [1.29, 1.82) is 0 Å². The predicted octanol–water partition coefficient (Wildman–Crippen LogP) is 1.21. The Morgan fingerprint density at radius 2 is 1.65 bits per heavy atom. The van der Waals surface area contributed by atoms with Crippen molar-refractivity contribution in [2.75, 3.05) is 31.1 Å². The fraction of sp³-hybridized carbons (Fsp3) is 0.538. The van der Waals surface area contributed by atoms with Gasteiger partial charge in [-0.2, -0.15) is 0 Å². The van der Waals surface area contributed by atoms with Crippen LogP contribution in [0.15, 0.2) is 12.1 Å². The molecule has 0 aliphatic carbocycles. The number of benzene rings is 1. The summed E-state index contributed by atoms with van der Waals surface area (Å²) in [5.74, 6) is -1.42. The summed E-state index contributed by atoms with van der Waals surface area (Å²) >= 11 is 0. The fourth-order valence-corrected chi connectivity index (χ4v) is 2.22. The third-order valence-corrected chi connectivity index (χ3v) is 3.27. The van der Waals surface area contributed by atoms with Gasteiger partial charge in [0, 0.05) is 26.2 Å². The van der Waals surface area contributed by atoms with Crippen LogP contribution >= 0.6 is 12.4 Å². The lowest BCUT2D eigenvalue weighted by atomic mass is 10.0. The SMILES string of the molecule is CC(O)C(O)c1cc(F)c(N2CCNCC2)c(F)c1.Cl.